The third kappa shape index (κ3) is 4.83. The van der Waals surface area contributed by atoms with Crippen LogP contribution >= 0.6 is 23.1 Å². The number of hydrogen-bond donors (Lipinski definition) is 1. The first-order chi connectivity index (χ1) is 15.2. The molecule has 0 unspecified atom stereocenters. The molecule has 1 amide bonds. The van der Waals surface area contributed by atoms with Crippen molar-refractivity contribution >= 4 is 39.2 Å². The number of nitrogens with zero attached hydrogens (tertiary/aromatic N) is 3. The highest BCUT2D eigenvalue weighted by Gasteiger charge is 2.12. The van der Waals surface area contributed by atoms with Crippen molar-refractivity contribution in [3.8, 4) is 0 Å². The highest BCUT2D eigenvalue weighted by molar-refractivity contribution is 8.00. The van der Waals surface area contributed by atoms with Crippen LogP contribution in [0.5, 0.6) is 0 Å². The van der Waals surface area contributed by atoms with Gasteiger partial charge in [-0.25, -0.2) is 9.97 Å². The number of rotatable bonds is 7. The van der Waals surface area contributed by atoms with Crippen molar-refractivity contribution in [2.24, 2.45) is 0 Å². The standard InChI is InChI=1S/C24H24N4OS2/c29-23(25-13-12-19-15-28-14-4-3-7-22(28)26-19)18-10-8-17(9-11-18)16-30-24-27-20-5-1-2-6-21(20)31-24/h1-2,5-6,8-11,15H,3-4,7,12-14,16H2,(H,25,29). The second-order valence-electron chi connectivity index (χ2n) is 7.74. The van der Waals surface area contributed by atoms with Gasteiger partial charge in [0.05, 0.1) is 15.9 Å². The van der Waals surface area contributed by atoms with Gasteiger partial charge in [0.2, 0.25) is 0 Å². The van der Waals surface area contributed by atoms with Gasteiger partial charge in [0.15, 0.2) is 4.34 Å². The molecule has 0 fully saturated rings. The number of aryl methyl sites for hydroxylation is 2. The van der Waals surface area contributed by atoms with E-state index in [1.807, 2.05) is 42.5 Å². The molecule has 0 radical (unpaired) electrons. The minimum absolute atomic E-state index is 0.0330. The predicted molar refractivity (Wildman–Crippen MR) is 127 cm³/mol. The molecule has 4 aromatic rings. The number of carbonyl (C=O) groups is 1. The summed E-state index contributed by atoms with van der Waals surface area (Å²) in [7, 11) is 0. The van der Waals surface area contributed by atoms with E-state index in [2.05, 4.69) is 27.1 Å². The highest BCUT2D eigenvalue weighted by atomic mass is 32.2. The van der Waals surface area contributed by atoms with E-state index in [9.17, 15) is 4.79 Å². The summed E-state index contributed by atoms with van der Waals surface area (Å²) in [5.41, 5.74) is 4.00. The molecule has 0 aliphatic carbocycles. The van der Waals surface area contributed by atoms with Gasteiger partial charge in [0, 0.05) is 43.4 Å². The number of benzene rings is 2. The summed E-state index contributed by atoms with van der Waals surface area (Å²) in [6.07, 6.45) is 6.42. The van der Waals surface area contributed by atoms with E-state index in [0.717, 1.165) is 40.7 Å². The van der Waals surface area contributed by atoms with Crippen LogP contribution in [0.1, 0.15) is 40.3 Å². The average Bonchev–Trinajstić information content (AvgIpc) is 3.41. The van der Waals surface area contributed by atoms with Gasteiger partial charge in [-0.15, -0.1) is 11.3 Å². The first-order valence-electron chi connectivity index (χ1n) is 10.6. The zero-order chi connectivity index (χ0) is 21.0. The van der Waals surface area contributed by atoms with E-state index in [1.165, 1.54) is 28.9 Å². The summed E-state index contributed by atoms with van der Waals surface area (Å²) in [6.45, 7) is 1.67. The van der Waals surface area contributed by atoms with Crippen molar-refractivity contribution < 1.29 is 4.79 Å². The fourth-order valence-corrected chi connectivity index (χ4v) is 5.83. The van der Waals surface area contributed by atoms with Crippen LogP contribution in [0.2, 0.25) is 0 Å². The fraction of sp³-hybridized carbons (Fsp3) is 0.292. The average molecular weight is 449 g/mol. The molecule has 0 spiro atoms. The Morgan fingerprint density at radius 3 is 2.81 bits per heavy atom. The molecule has 158 valence electrons. The molecular weight excluding hydrogens is 424 g/mol. The van der Waals surface area contributed by atoms with Crippen LogP contribution in [0.3, 0.4) is 0 Å². The Balaban J connectivity index is 1.11. The highest BCUT2D eigenvalue weighted by Crippen LogP contribution is 2.31. The zero-order valence-electron chi connectivity index (χ0n) is 17.2. The molecule has 5 nitrogen and oxygen atoms in total. The van der Waals surface area contributed by atoms with Crippen LogP contribution in [0.15, 0.2) is 59.1 Å². The summed E-state index contributed by atoms with van der Waals surface area (Å²) in [4.78, 5) is 21.8. The fourth-order valence-electron chi connectivity index (χ4n) is 3.81. The van der Waals surface area contributed by atoms with Gasteiger partial charge >= 0.3 is 0 Å². The molecule has 2 aromatic carbocycles. The second kappa shape index (κ2) is 9.24. The van der Waals surface area contributed by atoms with Crippen LogP contribution < -0.4 is 5.32 Å². The van der Waals surface area contributed by atoms with Crippen LogP contribution in [-0.4, -0.2) is 27.0 Å². The number of aromatic nitrogens is 3. The van der Waals surface area contributed by atoms with E-state index in [1.54, 1.807) is 23.1 Å². The largest absolute Gasteiger partial charge is 0.352 e. The van der Waals surface area contributed by atoms with Crippen LogP contribution in [0.25, 0.3) is 10.2 Å². The number of carbonyl (C=O) groups excluding carboxylic acids is 1. The van der Waals surface area contributed by atoms with Crippen LogP contribution in [0, 0.1) is 0 Å². The second-order valence-corrected chi connectivity index (χ2v) is 9.99. The van der Waals surface area contributed by atoms with Gasteiger partial charge in [-0.1, -0.05) is 36.0 Å². The Labute approximate surface area is 189 Å². The Bertz CT molecular complexity index is 1140. The van der Waals surface area contributed by atoms with E-state index < -0.39 is 0 Å². The summed E-state index contributed by atoms with van der Waals surface area (Å²) < 4.78 is 4.54. The molecule has 5 rings (SSSR count). The Morgan fingerprint density at radius 1 is 1.10 bits per heavy atom. The molecule has 7 heteroatoms. The quantitative estimate of drug-likeness (QED) is 0.400. The van der Waals surface area contributed by atoms with Crippen molar-refractivity contribution in [2.45, 2.75) is 42.3 Å². The lowest BCUT2D eigenvalue weighted by atomic mass is 10.1. The molecular formula is C24H24N4OS2. The van der Waals surface area contributed by atoms with Gasteiger partial charge in [-0.3, -0.25) is 4.79 Å². The van der Waals surface area contributed by atoms with Gasteiger partial charge in [0.25, 0.3) is 5.91 Å². The molecule has 31 heavy (non-hydrogen) atoms. The molecule has 1 N–H and O–H groups in total. The molecule has 0 saturated heterocycles. The SMILES string of the molecule is O=C(NCCc1cn2c(n1)CCCC2)c1ccc(CSc2nc3ccccc3s2)cc1. The number of thioether (sulfide) groups is 1. The third-order valence-electron chi connectivity index (χ3n) is 5.48. The molecule has 0 atom stereocenters. The number of imidazole rings is 1. The number of thiazole rings is 1. The number of para-hydroxylation sites is 1. The summed E-state index contributed by atoms with van der Waals surface area (Å²) in [5, 5.41) is 3.02. The van der Waals surface area contributed by atoms with Gasteiger partial charge in [-0.05, 0) is 42.7 Å². The van der Waals surface area contributed by atoms with E-state index in [-0.39, 0.29) is 5.91 Å². The van der Waals surface area contributed by atoms with E-state index in [4.69, 9.17) is 4.98 Å². The first-order valence-corrected chi connectivity index (χ1v) is 12.5. The summed E-state index contributed by atoms with van der Waals surface area (Å²) >= 11 is 3.46. The van der Waals surface area contributed by atoms with Crippen molar-refractivity contribution in [1.82, 2.24) is 19.9 Å². The maximum atomic E-state index is 12.5. The molecule has 3 heterocycles. The van der Waals surface area contributed by atoms with Crippen molar-refractivity contribution in [1.29, 1.82) is 0 Å². The summed E-state index contributed by atoms with van der Waals surface area (Å²) in [6, 6.07) is 16.1. The maximum absolute atomic E-state index is 12.5. The van der Waals surface area contributed by atoms with Crippen molar-refractivity contribution in [3.05, 3.63) is 77.4 Å². The van der Waals surface area contributed by atoms with Gasteiger partial charge < -0.3 is 9.88 Å². The predicted octanol–water partition coefficient (Wildman–Crippen LogP) is 5.09. The molecule has 1 aliphatic rings. The zero-order valence-corrected chi connectivity index (χ0v) is 18.8. The van der Waals surface area contributed by atoms with E-state index >= 15 is 0 Å². The van der Waals surface area contributed by atoms with Crippen molar-refractivity contribution in [2.75, 3.05) is 6.54 Å². The van der Waals surface area contributed by atoms with Gasteiger partial charge in [-0.2, -0.15) is 0 Å². The Morgan fingerprint density at radius 2 is 1.97 bits per heavy atom. The lowest BCUT2D eigenvalue weighted by Gasteiger charge is -2.11. The van der Waals surface area contributed by atoms with Crippen LogP contribution in [0.4, 0.5) is 0 Å². The third-order valence-corrected chi connectivity index (χ3v) is 7.73. The number of amides is 1. The minimum Gasteiger partial charge on any atom is -0.352 e. The molecule has 0 saturated carbocycles. The van der Waals surface area contributed by atoms with E-state index in [0.29, 0.717) is 12.1 Å². The Kier molecular flexibility index (Phi) is 6.04. The Hall–Kier alpha value is -2.64. The monoisotopic (exact) mass is 448 g/mol. The topological polar surface area (TPSA) is 59.8 Å². The first kappa shape index (κ1) is 20.3. The number of fused-ring (bicyclic) bond motifs is 2. The molecule has 2 aromatic heterocycles. The lowest BCUT2D eigenvalue weighted by molar-refractivity contribution is 0.0954. The molecule has 0 bridgehead atoms. The normalized spacial score (nSPS) is 13.3. The van der Waals surface area contributed by atoms with Crippen LogP contribution in [-0.2, 0) is 25.1 Å². The maximum Gasteiger partial charge on any atom is 0.251 e. The summed E-state index contributed by atoms with van der Waals surface area (Å²) in [5.74, 6) is 1.99. The lowest BCUT2D eigenvalue weighted by Crippen LogP contribution is -2.25. The molecule has 1 aliphatic heterocycles. The van der Waals surface area contributed by atoms with Gasteiger partial charge in [0.1, 0.15) is 5.82 Å². The number of hydrogen-bond acceptors (Lipinski definition) is 5. The minimum atomic E-state index is -0.0330. The smallest absolute Gasteiger partial charge is 0.251 e. The van der Waals surface area contributed by atoms with Crippen molar-refractivity contribution in [3.63, 3.8) is 0 Å². The number of nitrogens with one attached hydrogen (secondary N) is 1.